The van der Waals surface area contributed by atoms with E-state index in [1.165, 1.54) is 6.08 Å². The maximum atomic E-state index is 13.7. The van der Waals surface area contributed by atoms with Crippen LogP contribution in [-0.2, 0) is 9.53 Å². The molecule has 1 N–H and O–H groups in total. The average Bonchev–Trinajstić information content (AvgIpc) is 2.89. The second-order valence-electron chi connectivity index (χ2n) is 6.38. The number of unbranched alkanes of at least 4 members (excludes halogenated alkanes) is 1. The van der Waals surface area contributed by atoms with E-state index in [2.05, 4.69) is 0 Å². The largest absolute Gasteiger partial charge is 0.462 e. The summed E-state index contributed by atoms with van der Waals surface area (Å²) in [6.07, 6.45) is 2.93. The summed E-state index contributed by atoms with van der Waals surface area (Å²) in [4.78, 5) is 11.3. The second-order valence-corrected chi connectivity index (χ2v) is 6.38. The normalized spacial score (nSPS) is 34.2. The Labute approximate surface area is 124 Å². The number of hydrogen-bond acceptors (Lipinski definition) is 3. The summed E-state index contributed by atoms with van der Waals surface area (Å²) < 4.78 is 32.7. The number of aliphatic hydroxyl groups is 1. The van der Waals surface area contributed by atoms with Gasteiger partial charge in [-0.25, -0.2) is 8.78 Å². The molecule has 1 aliphatic heterocycles. The molecule has 1 saturated heterocycles. The molecule has 5 heteroatoms. The van der Waals surface area contributed by atoms with E-state index in [0.717, 1.165) is 6.42 Å². The minimum absolute atomic E-state index is 0.0260. The SMILES string of the molecule is CCCCC(F)(F)[C@H](O)C=C[C@@H]1[C@H]2CC(=O)O[C@H]2C[C@H]1C. The molecule has 0 aromatic carbocycles. The molecule has 0 aromatic heterocycles. The molecule has 21 heavy (non-hydrogen) atoms. The molecule has 0 bridgehead atoms. The third-order valence-electron chi connectivity index (χ3n) is 4.73. The van der Waals surface area contributed by atoms with Gasteiger partial charge in [-0.2, -0.15) is 0 Å². The van der Waals surface area contributed by atoms with Crippen LogP contribution in [0, 0.1) is 17.8 Å². The fraction of sp³-hybridized carbons (Fsp3) is 0.812. The monoisotopic (exact) mass is 302 g/mol. The van der Waals surface area contributed by atoms with Crippen molar-refractivity contribution in [3.05, 3.63) is 12.2 Å². The van der Waals surface area contributed by atoms with Crippen LogP contribution in [0.15, 0.2) is 12.2 Å². The zero-order chi connectivity index (χ0) is 15.6. The van der Waals surface area contributed by atoms with Crippen molar-refractivity contribution in [3.8, 4) is 0 Å². The first-order chi connectivity index (χ1) is 9.85. The number of fused-ring (bicyclic) bond motifs is 1. The van der Waals surface area contributed by atoms with E-state index in [1.54, 1.807) is 6.08 Å². The van der Waals surface area contributed by atoms with Crippen LogP contribution >= 0.6 is 0 Å². The summed E-state index contributed by atoms with van der Waals surface area (Å²) in [6, 6.07) is 0. The number of esters is 1. The molecule has 0 amide bonds. The molecule has 0 radical (unpaired) electrons. The van der Waals surface area contributed by atoms with Crippen LogP contribution in [0.5, 0.6) is 0 Å². The summed E-state index contributed by atoms with van der Waals surface area (Å²) in [5.41, 5.74) is 0. The first-order valence-electron chi connectivity index (χ1n) is 7.79. The first-order valence-corrected chi connectivity index (χ1v) is 7.79. The third kappa shape index (κ3) is 3.62. The Hall–Kier alpha value is -0.970. The van der Waals surface area contributed by atoms with E-state index in [-0.39, 0.29) is 36.2 Å². The second kappa shape index (κ2) is 6.42. The lowest BCUT2D eigenvalue weighted by Crippen LogP contribution is -2.32. The summed E-state index contributed by atoms with van der Waals surface area (Å²) in [5, 5.41) is 9.71. The summed E-state index contributed by atoms with van der Waals surface area (Å²) in [7, 11) is 0. The lowest BCUT2D eigenvalue weighted by molar-refractivity contribution is -0.141. The molecule has 2 rings (SSSR count). The summed E-state index contributed by atoms with van der Waals surface area (Å²) in [6.45, 7) is 3.87. The number of halogens is 2. The van der Waals surface area contributed by atoms with Gasteiger partial charge in [0.15, 0.2) is 0 Å². The van der Waals surface area contributed by atoms with Gasteiger partial charge in [0.25, 0.3) is 5.92 Å². The molecule has 5 atom stereocenters. The molecule has 2 aliphatic rings. The van der Waals surface area contributed by atoms with Crippen molar-refractivity contribution in [2.45, 2.75) is 64.1 Å². The van der Waals surface area contributed by atoms with E-state index in [4.69, 9.17) is 4.74 Å². The van der Waals surface area contributed by atoms with Crippen LogP contribution in [0.2, 0.25) is 0 Å². The Bertz CT molecular complexity index is 408. The molecule has 0 aromatic rings. The smallest absolute Gasteiger partial charge is 0.306 e. The number of alkyl halides is 2. The fourth-order valence-corrected chi connectivity index (χ4v) is 3.45. The van der Waals surface area contributed by atoms with Gasteiger partial charge in [-0.15, -0.1) is 0 Å². The standard InChI is InChI=1S/C16H24F2O3/c1-3-4-7-16(17,18)14(19)6-5-11-10(2)8-13-12(11)9-15(20)21-13/h5-6,10-14,19H,3-4,7-9H2,1-2H3/t10-,11+,12-,13+,14-/m1/s1. The van der Waals surface area contributed by atoms with Crippen molar-refractivity contribution in [2.24, 2.45) is 17.8 Å². The van der Waals surface area contributed by atoms with Gasteiger partial charge in [0, 0.05) is 12.3 Å². The highest BCUT2D eigenvalue weighted by atomic mass is 19.3. The zero-order valence-corrected chi connectivity index (χ0v) is 12.6. The Morgan fingerprint density at radius 1 is 1.52 bits per heavy atom. The minimum Gasteiger partial charge on any atom is -0.462 e. The Morgan fingerprint density at radius 3 is 2.90 bits per heavy atom. The van der Waals surface area contributed by atoms with Crippen molar-refractivity contribution in [1.29, 1.82) is 0 Å². The van der Waals surface area contributed by atoms with Crippen molar-refractivity contribution < 1.29 is 23.4 Å². The molecule has 120 valence electrons. The quantitative estimate of drug-likeness (QED) is 0.605. The van der Waals surface area contributed by atoms with Crippen LogP contribution in [-0.4, -0.2) is 29.2 Å². The molecule has 3 nitrogen and oxygen atoms in total. The van der Waals surface area contributed by atoms with Crippen LogP contribution in [0.1, 0.15) is 46.0 Å². The number of carbonyl (C=O) groups is 1. The molecule has 1 saturated carbocycles. The molecule has 2 fully saturated rings. The fourth-order valence-electron chi connectivity index (χ4n) is 3.45. The molecule has 0 unspecified atom stereocenters. The van der Waals surface area contributed by atoms with Gasteiger partial charge in [-0.3, -0.25) is 4.79 Å². The third-order valence-corrected chi connectivity index (χ3v) is 4.73. The Balaban J connectivity index is 1.98. The van der Waals surface area contributed by atoms with Gasteiger partial charge in [0.1, 0.15) is 12.2 Å². The van der Waals surface area contributed by atoms with Crippen molar-refractivity contribution in [3.63, 3.8) is 0 Å². The van der Waals surface area contributed by atoms with Crippen molar-refractivity contribution in [1.82, 2.24) is 0 Å². The van der Waals surface area contributed by atoms with Crippen LogP contribution < -0.4 is 0 Å². The van der Waals surface area contributed by atoms with E-state index in [0.29, 0.717) is 19.3 Å². The predicted molar refractivity (Wildman–Crippen MR) is 74.9 cm³/mol. The number of allylic oxidation sites excluding steroid dienone is 1. The van der Waals surface area contributed by atoms with Crippen molar-refractivity contribution in [2.75, 3.05) is 0 Å². The highest BCUT2D eigenvalue weighted by Crippen LogP contribution is 2.45. The van der Waals surface area contributed by atoms with E-state index in [1.807, 2.05) is 13.8 Å². The molecule has 1 aliphatic carbocycles. The maximum Gasteiger partial charge on any atom is 0.306 e. The topological polar surface area (TPSA) is 46.5 Å². The first kappa shape index (κ1) is 16.4. The predicted octanol–water partition coefficient (Wildman–Crippen LogP) is 3.32. The number of rotatable bonds is 6. The van der Waals surface area contributed by atoms with Gasteiger partial charge < -0.3 is 9.84 Å². The number of carbonyl (C=O) groups excluding carboxylic acids is 1. The number of hydrogen-bond donors (Lipinski definition) is 1. The summed E-state index contributed by atoms with van der Waals surface area (Å²) >= 11 is 0. The average molecular weight is 302 g/mol. The highest BCUT2D eigenvalue weighted by Gasteiger charge is 2.47. The molecular weight excluding hydrogens is 278 g/mol. The van der Waals surface area contributed by atoms with Crippen LogP contribution in [0.3, 0.4) is 0 Å². The summed E-state index contributed by atoms with van der Waals surface area (Å²) in [5.74, 6) is -2.92. The van der Waals surface area contributed by atoms with Crippen LogP contribution in [0.25, 0.3) is 0 Å². The van der Waals surface area contributed by atoms with Gasteiger partial charge in [-0.1, -0.05) is 32.4 Å². The number of ether oxygens (including phenoxy) is 1. The lowest BCUT2D eigenvalue weighted by atomic mass is 9.87. The van der Waals surface area contributed by atoms with E-state index < -0.39 is 12.0 Å². The maximum absolute atomic E-state index is 13.7. The zero-order valence-electron chi connectivity index (χ0n) is 12.6. The molecule has 0 spiro atoms. The molecular formula is C16H24F2O3. The minimum atomic E-state index is -3.09. The van der Waals surface area contributed by atoms with Gasteiger partial charge >= 0.3 is 5.97 Å². The van der Waals surface area contributed by atoms with E-state index in [9.17, 15) is 18.7 Å². The van der Waals surface area contributed by atoms with Gasteiger partial charge in [-0.05, 0) is 24.7 Å². The van der Waals surface area contributed by atoms with Gasteiger partial charge in [0.2, 0.25) is 0 Å². The number of aliphatic hydroxyl groups excluding tert-OH is 1. The lowest BCUT2D eigenvalue weighted by Gasteiger charge is -2.21. The van der Waals surface area contributed by atoms with Gasteiger partial charge in [0.05, 0.1) is 6.42 Å². The highest BCUT2D eigenvalue weighted by molar-refractivity contribution is 5.72. The van der Waals surface area contributed by atoms with Crippen LogP contribution in [0.4, 0.5) is 8.78 Å². The Morgan fingerprint density at radius 2 is 2.24 bits per heavy atom. The van der Waals surface area contributed by atoms with Crippen molar-refractivity contribution >= 4 is 5.97 Å². The Kier molecular flexibility index (Phi) is 5.02. The van der Waals surface area contributed by atoms with E-state index >= 15 is 0 Å². The molecule has 1 heterocycles.